The van der Waals surface area contributed by atoms with Gasteiger partial charge in [0.05, 0.1) is 0 Å². The van der Waals surface area contributed by atoms with Crippen LogP contribution in [0.25, 0.3) is 16.9 Å². The number of nitrogens with zero attached hydrogens (tertiary/aromatic N) is 2. The Kier molecular flexibility index (Phi) is 30.3. The average molecular weight is 868 g/mol. The second-order valence-corrected chi connectivity index (χ2v) is 19.6. The van der Waals surface area contributed by atoms with Gasteiger partial charge >= 0.3 is 39.1 Å². The quantitative estimate of drug-likeness (QED) is 0.0388. The van der Waals surface area contributed by atoms with E-state index in [0.29, 0.717) is 0 Å². The zero-order valence-electron chi connectivity index (χ0n) is 41.4. The Bertz CT molecular complexity index is 1480. The van der Waals surface area contributed by atoms with E-state index in [4.69, 9.17) is 0 Å². The van der Waals surface area contributed by atoms with Crippen molar-refractivity contribution in [2.75, 3.05) is 0 Å². The molecule has 0 atom stereocenters. The minimum absolute atomic E-state index is 1.03. The van der Waals surface area contributed by atoms with Gasteiger partial charge in [0.2, 0.25) is 11.4 Å². The van der Waals surface area contributed by atoms with Gasteiger partial charge in [-0.3, -0.25) is 0 Å². The van der Waals surface area contributed by atoms with E-state index < -0.39 is 0 Å². The summed E-state index contributed by atoms with van der Waals surface area (Å²) in [7, 11) is 0. The second kappa shape index (κ2) is 33.6. The van der Waals surface area contributed by atoms with Crippen molar-refractivity contribution in [1.29, 1.82) is 0 Å². The summed E-state index contributed by atoms with van der Waals surface area (Å²) < 4.78 is 1.73. The maximum absolute atomic E-state index is 12.9. The molecule has 0 bridgehead atoms. The monoisotopic (exact) mass is 867 g/mol. The van der Waals surface area contributed by atoms with E-state index >= 15 is 0 Å². The fourth-order valence-corrected chi connectivity index (χ4v) is 9.69. The van der Waals surface area contributed by atoms with E-state index in [-0.39, 0.29) is 0 Å². The van der Waals surface area contributed by atoms with E-state index in [9.17, 15) is 5.53 Å². The molecule has 344 valence electrons. The van der Waals surface area contributed by atoms with E-state index in [1.54, 1.807) is 38.1 Å². The molecule has 2 aromatic rings. The van der Waals surface area contributed by atoms with Gasteiger partial charge in [-0.2, -0.15) is 0 Å². The molecular formula is C57H96N2Ni. The van der Waals surface area contributed by atoms with Crippen molar-refractivity contribution in [2.45, 2.75) is 266 Å². The summed E-state index contributed by atoms with van der Waals surface area (Å²) in [6.45, 7) is 23.0. The van der Waals surface area contributed by atoms with Crippen molar-refractivity contribution in [2.24, 2.45) is 0 Å². The number of benzene rings is 2. The third-order valence-corrected chi connectivity index (χ3v) is 13.6. The van der Waals surface area contributed by atoms with Crippen LogP contribution in [0.1, 0.15) is 261 Å². The molecule has 0 aliphatic carbocycles. The maximum atomic E-state index is 12.9. The van der Waals surface area contributed by atoms with Crippen LogP contribution in [0.2, 0.25) is 10.8 Å². The number of hydrogen-bond donors (Lipinski definition) is 0. The fourth-order valence-electron chi connectivity index (χ4n) is 9.20. The Hall–Kier alpha value is -1.99. The summed E-state index contributed by atoms with van der Waals surface area (Å²) in [5.74, 6) is 0. The molecular weight excluding hydrogens is 771 g/mol. The number of aryl methyl sites for hydroxylation is 4. The van der Waals surface area contributed by atoms with Crippen LogP contribution in [0, 0.1) is 0 Å². The first-order valence-corrected chi connectivity index (χ1v) is 27.5. The molecule has 3 rings (SSSR count). The molecule has 1 aliphatic heterocycles. The molecule has 0 aromatic heterocycles. The van der Waals surface area contributed by atoms with Crippen molar-refractivity contribution in [1.82, 2.24) is 0 Å². The molecule has 0 unspecified atom stereocenters. The van der Waals surface area contributed by atoms with Crippen LogP contribution in [-0.2, 0) is 53.0 Å². The minimum atomic E-state index is 1.03. The van der Waals surface area contributed by atoms with E-state index in [0.717, 1.165) is 62.8 Å². The van der Waals surface area contributed by atoms with Gasteiger partial charge in [-0.05, 0) is 160 Å². The summed E-state index contributed by atoms with van der Waals surface area (Å²) in [5.41, 5.74) is 30.0. The second-order valence-electron chi connectivity index (χ2n) is 17.7. The molecule has 3 heteroatoms. The van der Waals surface area contributed by atoms with Crippen molar-refractivity contribution in [3.63, 3.8) is 0 Å². The predicted molar refractivity (Wildman–Crippen MR) is 265 cm³/mol. The first-order valence-electron chi connectivity index (χ1n) is 26.1. The Morgan fingerprint density at radius 2 is 0.633 bits per heavy atom. The topological polar surface area (TPSA) is 25.3 Å². The summed E-state index contributed by atoms with van der Waals surface area (Å²) in [6, 6.07) is 10.2. The zero-order valence-corrected chi connectivity index (χ0v) is 42.4. The van der Waals surface area contributed by atoms with Crippen LogP contribution >= 0.6 is 0 Å². The summed E-state index contributed by atoms with van der Waals surface area (Å²) >= 11 is 1.82. The molecule has 60 heavy (non-hydrogen) atoms. The van der Waals surface area contributed by atoms with Gasteiger partial charge in [0.15, 0.2) is 0 Å². The number of hydrogen-bond acceptors (Lipinski definition) is 0. The van der Waals surface area contributed by atoms with Gasteiger partial charge in [-0.15, -0.1) is 0 Å². The normalized spacial score (nSPS) is 12.9. The molecule has 0 fully saturated rings. The number of rotatable bonds is 33. The molecule has 0 N–H and O–H groups in total. The van der Waals surface area contributed by atoms with Crippen LogP contribution < -0.4 is 0 Å². The van der Waals surface area contributed by atoms with Crippen LogP contribution in [-0.4, -0.2) is 4.70 Å². The van der Waals surface area contributed by atoms with Gasteiger partial charge in [-0.1, -0.05) is 139 Å². The summed E-state index contributed by atoms with van der Waals surface area (Å²) in [5, 5.41) is 2.56. The van der Waals surface area contributed by atoms with E-state index in [1.165, 1.54) is 168 Å². The molecule has 0 radical (unpaired) electrons. The molecule has 0 amide bonds. The molecule has 0 saturated carbocycles. The molecule has 1 heterocycles. The third kappa shape index (κ3) is 18.0. The number of allylic oxidation sites excluding steroid dienone is 2. The van der Waals surface area contributed by atoms with E-state index in [1.807, 2.05) is 14.4 Å². The Morgan fingerprint density at radius 1 is 0.350 bits per heavy atom. The molecule has 1 aliphatic rings. The standard InChI is InChI=1S/C53H86N2.2C2H5.Ni/c1-9-17-25-29-37-51-50(35-24-16-8)52(46-38-42(30-21-13-5)48(34-23-15-7)43(39-46)31-22-14-6)55(54)53(51)47-40-44(32-26-18-10-2)49(36-28-20-12-4)45(41-47)33-27-19-11-3;2*1-2;/h38-41H,9-37H2,1-8H3;2*1H2,2H3;. The number of unbranched alkanes of at least 4 members (excludes halogenated alkanes) is 13. The zero-order chi connectivity index (χ0) is 44.0. The summed E-state index contributed by atoms with van der Waals surface area (Å²) in [6.07, 6.45) is 35.0. The first-order chi connectivity index (χ1) is 29.3. The van der Waals surface area contributed by atoms with E-state index in [2.05, 4.69) is 93.5 Å². The predicted octanol–water partition coefficient (Wildman–Crippen LogP) is 19.2. The molecule has 0 saturated heterocycles. The molecule has 0 spiro atoms. The van der Waals surface area contributed by atoms with Crippen molar-refractivity contribution >= 4 is 11.4 Å². The van der Waals surface area contributed by atoms with Crippen LogP contribution in [0.5, 0.6) is 0 Å². The van der Waals surface area contributed by atoms with Gasteiger partial charge in [0.1, 0.15) is 0 Å². The van der Waals surface area contributed by atoms with Crippen molar-refractivity contribution < 1.29 is 19.1 Å². The molecule has 2 nitrogen and oxygen atoms in total. The van der Waals surface area contributed by atoms with Crippen molar-refractivity contribution in [3.05, 3.63) is 85.5 Å². The Morgan fingerprint density at radius 3 is 1.00 bits per heavy atom. The average Bonchev–Trinajstić information content (AvgIpc) is 3.53. The van der Waals surface area contributed by atoms with Gasteiger partial charge in [0, 0.05) is 22.3 Å². The van der Waals surface area contributed by atoms with Crippen molar-refractivity contribution in [3.8, 4) is 0 Å². The van der Waals surface area contributed by atoms with Gasteiger partial charge in [0.25, 0.3) is 0 Å². The fraction of sp³-hybridized carbons (Fsp3) is 0.719. The molecule has 2 aromatic carbocycles. The summed E-state index contributed by atoms with van der Waals surface area (Å²) in [4.78, 5) is 0. The van der Waals surface area contributed by atoms with Crippen LogP contribution in [0.15, 0.2) is 35.4 Å². The van der Waals surface area contributed by atoms with Crippen LogP contribution in [0.3, 0.4) is 0 Å². The first kappa shape index (κ1) is 54.1. The Labute approximate surface area is 380 Å². The third-order valence-electron chi connectivity index (χ3n) is 12.7. The SMILES string of the molecule is CCCCCCC1=C(c2cc(CCCCC)c(CCCCC)c(CCCCC)c2)[N+](=[N-])C(c2cc(CCCC)c(CCCC)c(CCCC)c2)=C1CCCC.C[CH2][Ni][CH2]C. The van der Waals surface area contributed by atoms with Gasteiger partial charge < -0.3 is 5.53 Å². The van der Waals surface area contributed by atoms with Gasteiger partial charge in [-0.25, -0.2) is 4.70 Å². The Balaban J connectivity index is 0.00000233. The van der Waals surface area contributed by atoms with Crippen LogP contribution in [0.4, 0.5) is 0 Å².